The Morgan fingerprint density at radius 3 is 2.60 bits per heavy atom. The Kier molecular flexibility index (Phi) is 5.42. The van der Waals surface area contributed by atoms with Gasteiger partial charge in [0, 0.05) is 12.3 Å². The molecule has 0 heterocycles. The molecule has 0 aromatic heterocycles. The van der Waals surface area contributed by atoms with Gasteiger partial charge in [-0.3, -0.25) is 0 Å². The molecule has 1 aromatic rings. The maximum Gasteiger partial charge on any atom is 0.240 e. The summed E-state index contributed by atoms with van der Waals surface area (Å²) in [5.74, 6) is -0.238. The monoisotopic (exact) mass is 322 g/mol. The number of sulfonamides is 1. The van der Waals surface area contributed by atoms with E-state index < -0.39 is 21.4 Å². The lowest BCUT2D eigenvalue weighted by Gasteiger charge is -2.22. The number of nitrogens with two attached hydrogens (primary N) is 1. The summed E-state index contributed by atoms with van der Waals surface area (Å²) in [4.78, 5) is -0.117. The number of anilines is 1. The molecule has 1 aromatic carbocycles. The van der Waals surface area contributed by atoms with Crippen molar-refractivity contribution in [1.82, 2.24) is 4.72 Å². The normalized spacial score (nSPS) is 15.1. The van der Waals surface area contributed by atoms with Crippen LogP contribution in [0.4, 0.5) is 10.1 Å². The second-order valence-corrected chi connectivity index (χ2v) is 7.53. The number of nitrogen functional groups attached to an aromatic ring is 1. The fourth-order valence-electron chi connectivity index (χ4n) is 1.61. The number of benzene rings is 1. The van der Waals surface area contributed by atoms with Gasteiger partial charge in [-0.2, -0.15) is 11.8 Å². The van der Waals surface area contributed by atoms with Crippen molar-refractivity contribution in [3.05, 3.63) is 23.5 Å². The molecule has 8 heteroatoms. The van der Waals surface area contributed by atoms with Crippen LogP contribution < -0.4 is 10.5 Å². The van der Waals surface area contributed by atoms with Crippen LogP contribution in [-0.4, -0.2) is 37.7 Å². The van der Waals surface area contributed by atoms with Crippen molar-refractivity contribution in [3.63, 3.8) is 0 Å². The summed E-state index contributed by atoms with van der Waals surface area (Å²) >= 11 is 1.41. The van der Waals surface area contributed by atoms with Crippen molar-refractivity contribution in [2.45, 2.75) is 24.3 Å². The number of aliphatic hydroxyl groups is 1. The number of nitrogens with one attached hydrogen (secondary N) is 1. The summed E-state index contributed by atoms with van der Waals surface area (Å²) in [5.41, 5.74) is 4.20. The van der Waals surface area contributed by atoms with Crippen molar-refractivity contribution in [2.75, 3.05) is 24.3 Å². The van der Waals surface area contributed by atoms with Crippen molar-refractivity contribution >= 4 is 27.5 Å². The number of hydrogen-bond acceptors (Lipinski definition) is 5. The average molecular weight is 322 g/mol. The van der Waals surface area contributed by atoms with Crippen LogP contribution in [0.25, 0.3) is 0 Å². The summed E-state index contributed by atoms with van der Waals surface area (Å²) in [7, 11) is -3.84. The number of halogens is 1. The van der Waals surface area contributed by atoms with E-state index in [-0.39, 0.29) is 22.7 Å². The van der Waals surface area contributed by atoms with Gasteiger partial charge in [-0.1, -0.05) is 0 Å². The van der Waals surface area contributed by atoms with Gasteiger partial charge in [0.25, 0.3) is 0 Å². The molecule has 114 valence electrons. The first kappa shape index (κ1) is 17.2. The van der Waals surface area contributed by atoms with Gasteiger partial charge < -0.3 is 10.8 Å². The molecule has 0 bridgehead atoms. The van der Waals surface area contributed by atoms with Gasteiger partial charge in [-0.25, -0.2) is 17.5 Å². The van der Waals surface area contributed by atoms with E-state index in [1.54, 1.807) is 0 Å². The zero-order valence-corrected chi connectivity index (χ0v) is 13.2. The van der Waals surface area contributed by atoms with E-state index in [1.807, 2.05) is 6.26 Å². The van der Waals surface area contributed by atoms with Gasteiger partial charge in [-0.15, -0.1) is 0 Å². The van der Waals surface area contributed by atoms with Crippen LogP contribution in [0.2, 0.25) is 0 Å². The molecule has 0 amide bonds. The maximum absolute atomic E-state index is 13.4. The third kappa shape index (κ3) is 4.34. The highest BCUT2D eigenvalue weighted by atomic mass is 32.2. The predicted octanol–water partition coefficient (Wildman–Crippen LogP) is 1.11. The number of rotatable bonds is 6. The second-order valence-electron chi connectivity index (χ2n) is 4.90. The Bertz CT molecular complexity index is 565. The highest BCUT2D eigenvalue weighted by Gasteiger charge is 2.24. The van der Waals surface area contributed by atoms with Gasteiger partial charge in [0.2, 0.25) is 10.0 Å². The highest BCUT2D eigenvalue weighted by molar-refractivity contribution is 7.98. The molecule has 0 spiro atoms. The molecule has 0 aliphatic rings. The number of thioether (sulfide) groups is 1. The van der Waals surface area contributed by atoms with Crippen LogP contribution in [0.5, 0.6) is 0 Å². The molecule has 0 aliphatic carbocycles. The van der Waals surface area contributed by atoms with E-state index in [0.717, 1.165) is 6.07 Å². The van der Waals surface area contributed by atoms with Gasteiger partial charge in [-0.05, 0) is 37.8 Å². The van der Waals surface area contributed by atoms with E-state index in [4.69, 9.17) is 5.73 Å². The molecule has 5 nitrogen and oxygen atoms in total. The Balaban J connectivity index is 2.95. The molecule has 4 N–H and O–H groups in total. The van der Waals surface area contributed by atoms with Crippen LogP contribution in [0, 0.1) is 12.7 Å². The van der Waals surface area contributed by atoms with Gasteiger partial charge >= 0.3 is 0 Å². The fraction of sp³-hybridized carbons (Fsp3) is 0.500. The van der Waals surface area contributed by atoms with Crippen LogP contribution >= 0.6 is 11.8 Å². The molecule has 1 rings (SSSR count). The molecule has 0 saturated heterocycles. The van der Waals surface area contributed by atoms with E-state index in [2.05, 4.69) is 4.72 Å². The lowest BCUT2D eigenvalue weighted by Crippen LogP contribution is -2.42. The Morgan fingerprint density at radius 1 is 1.50 bits per heavy atom. The second kappa shape index (κ2) is 6.30. The largest absolute Gasteiger partial charge is 0.396 e. The quantitative estimate of drug-likeness (QED) is 0.682. The fourth-order valence-corrected chi connectivity index (χ4v) is 3.62. The number of hydrogen-bond donors (Lipinski definition) is 3. The summed E-state index contributed by atoms with van der Waals surface area (Å²) in [5, 5.41) is 9.95. The first-order chi connectivity index (χ1) is 9.09. The van der Waals surface area contributed by atoms with Crippen molar-refractivity contribution in [3.8, 4) is 0 Å². The molecule has 1 atom stereocenters. The lowest BCUT2D eigenvalue weighted by molar-refractivity contribution is 0.0908. The molecule has 1 unspecified atom stereocenters. The predicted molar refractivity (Wildman–Crippen MR) is 79.7 cm³/mol. The van der Waals surface area contributed by atoms with Crippen molar-refractivity contribution in [1.29, 1.82) is 0 Å². The summed E-state index contributed by atoms with van der Waals surface area (Å²) < 4.78 is 39.9. The Hall–Kier alpha value is -0.830. The van der Waals surface area contributed by atoms with Crippen LogP contribution in [0.1, 0.15) is 12.5 Å². The van der Waals surface area contributed by atoms with E-state index in [9.17, 15) is 17.9 Å². The molecule has 0 saturated carbocycles. The van der Waals surface area contributed by atoms with Gasteiger partial charge in [0.1, 0.15) is 5.82 Å². The molecule has 0 fully saturated rings. The smallest absolute Gasteiger partial charge is 0.240 e. The Morgan fingerprint density at radius 2 is 2.10 bits per heavy atom. The minimum absolute atomic E-state index is 0.117. The zero-order valence-electron chi connectivity index (χ0n) is 11.6. The lowest BCUT2D eigenvalue weighted by atomic mass is 10.1. The molecule has 0 radical (unpaired) electrons. The number of aryl methyl sites for hydroxylation is 1. The van der Waals surface area contributed by atoms with Crippen LogP contribution in [-0.2, 0) is 10.0 Å². The van der Waals surface area contributed by atoms with Crippen molar-refractivity contribution in [2.24, 2.45) is 0 Å². The third-order valence-electron chi connectivity index (χ3n) is 2.66. The standard InChI is InChI=1S/C12H19FN2O3S2/c1-8-4-9(5-10(14)11(8)13)20(17,18)15-6-12(2,16)7-19-3/h4-5,15-16H,6-7,14H2,1-3H3. The van der Waals surface area contributed by atoms with Crippen molar-refractivity contribution < 1.29 is 17.9 Å². The SMILES string of the molecule is CSCC(C)(O)CNS(=O)(=O)c1cc(C)c(F)c(N)c1. The molecular weight excluding hydrogens is 303 g/mol. The van der Waals surface area contributed by atoms with E-state index in [1.165, 1.54) is 31.7 Å². The zero-order chi connectivity index (χ0) is 15.6. The average Bonchev–Trinajstić information content (AvgIpc) is 2.33. The third-order valence-corrected chi connectivity index (χ3v) is 4.96. The van der Waals surface area contributed by atoms with Crippen LogP contribution in [0.3, 0.4) is 0 Å². The van der Waals surface area contributed by atoms with E-state index in [0.29, 0.717) is 5.75 Å². The Labute approximate surface area is 122 Å². The summed E-state index contributed by atoms with van der Waals surface area (Å²) in [6.07, 6.45) is 1.81. The molecule has 0 aliphatic heterocycles. The minimum Gasteiger partial charge on any atom is -0.396 e. The highest BCUT2D eigenvalue weighted by Crippen LogP contribution is 2.21. The van der Waals surface area contributed by atoms with Gasteiger partial charge in [0.05, 0.1) is 16.2 Å². The first-order valence-electron chi connectivity index (χ1n) is 5.86. The first-order valence-corrected chi connectivity index (χ1v) is 8.73. The molecule has 20 heavy (non-hydrogen) atoms. The van der Waals surface area contributed by atoms with Crippen LogP contribution in [0.15, 0.2) is 17.0 Å². The summed E-state index contributed by atoms with van der Waals surface area (Å²) in [6.45, 7) is 2.84. The maximum atomic E-state index is 13.4. The minimum atomic E-state index is -3.84. The van der Waals surface area contributed by atoms with E-state index >= 15 is 0 Å². The van der Waals surface area contributed by atoms with Gasteiger partial charge in [0.15, 0.2) is 0 Å². The molecular formula is C12H19FN2O3S2. The summed E-state index contributed by atoms with van der Waals surface area (Å²) in [6, 6.07) is 2.27. The topological polar surface area (TPSA) is 92.4 Å².